The van der Waals surface area contributed by atoms with E-state index in [1.165, 1.54) is 12.7 Å². The zero-order valence-corrected chi connectivity index (χ0v) is 11.2. The monoisotopic (exact) mass is 260 g/mol. The van der Waals surface area contributed by atoms with E-state index in [0.29, 0.717) is 11.7 Å². The van der Waals surface area contributed by atoms with Gasteiger partial charge in [-0.15, -0.1) is 4.98 Å². The molecular weight excluding hydrogens is 244 g/mol. The van der Waals surface area contributed by atoms with Gasteiger partial charge < -0.3 is 14.8 Å². The predicted octanol–water partition coefficient (Wildman–Crippen LogP) is 2.28. The molecule has 0 fully saturated rings. The van der Waals surface area contributed by atoms with Gasteiger partial charge in [-0.05, 0) is 24.1 Å². The Morgan fingerprint density at radius 2 is 1.74 bits per heavy atom. The van der Waals surface area contributed by atoms with Gasteiger partial charge in [0, 0.05) is 7.05 Å². The van der Waals surface area contributed by atoms with Crippen LogP contribution in [0.4, 0.5) is 5.95 Å². The number of rotatable bonds is 5. The number of ether oxygens (including phenoxy) is 2. The molecule has 0 saturated heterocycles. The predicted molar refractivity (Wildman–Crippen MR) is 71.8 cm³/mol. The van der Waals surface area contributed by atoms with Crippen LogP contribution in [0.1, 0.15) is 12.5 Å². The van der Waals surface area contributed by atoms with E-state index in [1.807, 2.05) is 24.3 Å². The van der Waals surface area contributed by atoms with Crippen molar-refractivity contribution in [3.05, 3.63) is 29.8 Å². The standard InChI is InChI=1S/C13H16N4O2/c1-4-9-5-7-10(8-6-9)19-13-16-11(14-2)15-12(17-13)18-3/h5-8H,4H2,1-3H3,(H,14,15,16,17). The van der Waals surface area contributed by atoms with E-state index in [2.05, 4.69) is 27.2 Å². The van der Waals surface area contributed by atoms with E-state index < -0.39 is 0 Å². The van der Waals surface area contributed by atoms with Gasteiger partial charge in [-0.1, -0.05) is 19.1 Å². The first-order valence-electron chi connectivity index (χ1n) is 5.99. The molecule has 0 aliphatic heterocycles. The minimum Gasteiger partial charge on any atom is -0.467 e. The first kappa shape index (κ1) is 13.1. The fraction of sp³-hybridized carbons (Fsp3) is 0.308. The number of aryl methyl sites for hydroxylation is 1. The van der Waals surface area contributed by atoms with Crippen molar-refractivity contribution in [1.82, 2.24) is 15.0 Å². The van der Waals surface area contributed by atoms with Crippen LogP contribution in [0.5, 0.6) is 17.8 Å². The van der Waals surface area contributed by atoms with Crippen molar-refractivity contribution in [2.45, 2.75) is 13.3 Å². The van der Waals surface area contributed by atoms with E-state index in [4.69, 9.17) is 9.47 Å². The quantitative estimate of drug-likeness (QED) is 0.889. The fourth-order valence-corrected chi connectivity index (χ4v) is 1.49. The molecule has 2 aromatic rings. The Bertz CT molecular complexity index is 521. The lowest BCUT2D eigenvalue weighted by molar-refractivity contribution is 0.360. The molecule has 0 amide bonds. The van der Waals surface area contributed by atoms with Crippen LogP contribution in [0.2, 0.25) is 0 Å². The number of anilines is 1. The van der Waals surface area contributed by atoms with Gasteiger partial charge >= 0.3 is 12.0 Å². The molecule has 1 N–H and O–H groups in total. The molecule has 100 valence electrons. The fourth-order valence-electron chi connectivity index (χ4n) is 1.49. The van der Waals surface area contributed by atoms with Crippen molar-refractivity contribution in [2.75, 3.05) is 19.5 Å². The molecule has 2 rings (SSSR count). The Labute approximate surface area is 111 Å². The van der Waals surface area contributed by atoms with Crippen LogP contribution in [0.25, 0.3) is 0 Å². The topological polar surface area (TPSA) is 69.2 Å². The van der Waals surface area contributed by atoms with E-state index in [0.717, 1.165) is 6.42 Å². The Kier molecular flexibility index (Phi) is 4.12. The number of benzene rings is 1. The second-order valence-electron chi connectivity index (χ2n) is 3.78. The summed E-state index contributed by atoms with van der Waals surface area (Å²) in [6.07, 6.45) is 0.990. The third-order valence-electron chi connectivity index (χ3n) is 2.54. The summed E-state index contributed by atoms with van der Waals surface area (Å²) in [5.41, 5.74) is 1.25. The highest BCUT2D eigenvalue weighted by molar-refractivity contribution is 5.31. The van der Waals surface area contributed by atoms with Crippen LogP contribution in [-0.2, 0) is 6.42 Å². The molecule has 1 aromatic carbocycles. The van der Waals surface area contributed by atoms with Gasteiger partial charge in [-0.2, -0.15) is 9.97 Å². The molecule has 0 saturated carbocycles. The van der Waals surface area contributed by atoms with Crippen molar-refractivity contribution in [2.24, 2.45) is 0 Å². The van der Waals surface area contributed by atoms with E-state index in [9.17, 15) is 0 Å². The Morgan fingerprint density at radius 1 is 1.05 bits per heavy atom. The zero-order valence-electron chi connectivity index (χ0n) is 11.2. The first-order valence-corrected chi connectivity index (χ1v) is 5.99. The van der Waals surface area contributed by atoms with Crippen LogP contribution in [-0.4, -0.2) is 29.1 Å². The number of hydrogen-bond donors (Lipinski definition) is 1. The SMILES string of the molecule is CCc1ccc(Oc2nc(NC)nc(OC)n2)cc1. The lowest BCUT2D eigenvalue weighted by Crippen LogP contribution is -2.03. The molecule has 0 aliphatic carbocycles. The molecule has 1 aromatic heterocycles. The van der Waals surface area contributed by atoms with Crippen molar-refractivity contribution in [1.29, 1.82) is 0 Å². The average molecular weight is 260 g/mol. The second-order valence-corrected chi connectivity index (χ2v) is 3.78. The van der Waals surface area contributed by atoms with E-state index >= 15 is 0 Å². The molecule has 6 nitrogen and oxygen atoms in total. The average Bonchev–Trinajstić information content (AvgIpc) is 2.47. The Morgan fingerprint density at radius 3 is 2.32 bits per heavy atom. The van der Waals surface area contributed by atoms with Crippen molar-refractivity contribution < 1.29 is 9.47 Å². The van der Waals surface area contributed by atoms with Gasteiger partial charge in [0.25, 0.3) is 0 Å². The van der Waals surface area contributed by atoms with Gasteiger partial charge in [0.05, 0.1) is 7.11 Å². The minimum absolute atomic E-state index is 0.195. The zero-order chi connectivity index (χ0) is 13.7. The Balaban J connectivity index is 2.21. The van der Waals surface area contributed by atoms with Crippen LogP contribution < -0.4 is 14.8 Å². The van der Waals surface area contributed by atoms with Gasteiger partial charge in [0.15, 0.2) is 0 Å². The van der Waals surface area contributed by atoms with Gasteiger partial charge in [-0.25, -0.2) is 0 Å². The minimum atomic E-state index is 0.195. The molecule has 0 aliphatic rings. The highest BCUT2D eigenvalue weighted by atomic mass is 16.5. The first-order chi connectivity index (χ1) is 9.25. The largest absolute Gasteiger partial charge is 0.467 e. The highest BCUT2D eigenvalue weighted by Crippen LogP contribution is 2.20. The maximum absolute atomic E-state index is 5.58. The molecular formula is C13H16N4O2. The van der Waals surface area contributed by atoms with Crippen LogP contribution in [0.15, 0.2) is 24.3 Å². The summed E-state index contributed by atoms with van der Waals surface area (Å²) >= 11 is 0. The summed E-state index contributed by atoms with van der Waals surface area (Å²) in [7, 11) is 3.21. The molecule has 0 bridgehead atoms. The molecule has 0 atom stereocenters. The number of methoxy groups -OCH3 is 1. The smallest absolute Gasteiger partial charge is 0.330 e. The van der Waals surface area contributed by atoms with E-state index in [1.54, 1.807) is 7.05 Å². The number of nitrogens with zero attached hydrogens (tertiary/aromatic N) is 3. The van der Waals surface area contributed by atoms with Crippen LogP contribution in [0, 0.1) is 0 Å². The molecule has 19 heavy (non-hydrogen) atoms. The molecule has 6 heteroatoms. The van der Waals surface area contributed by atoms with Crippen molar-refractivity contribution in [3.63, 3.8) is 0 Å². The van der Waals surface area contributed by atoms with Gasteiger partial charge in [0.2, 0.25) is 5.95 Å². The third kappa shape index (κ3) is 3.31. The van der Waals surface area contributed by atoms with Crippen LogP contribution in [0.3, 0.4) is 0 Å². The molecule has 1 heterocycles. The van der Waals surface area contributed by atoms with Gasteiger partial charge in [0.1, 0.15) is 5.75 Å². The van der Waals surface area contributed by atoms with Crippen LogP contribution >= 0.6 is 0 Å². The molecule has 0 unspecified atom stereocenters. The summed E-state index contributed by atoms with van der Waals surface area (Å²) in [4.78, 5) is 12.1. The number of nitrogens with one attached hydrogen (secondary N) is 1. The lowest BCUT2D eigenvalue weighted by atomic mass is 10.2. The normalized spacial score (nSPS) is 10.1. The summed E-state index contributed by atoms with van der Waals surface area (Å²) in [5.74, 6) is 1.07. The third-order valence-corrected chi connectivity index (χ3v) is 2.54. The maximum Gasteiger partial charge on any atom is 0.330 e. The van der Waals surface area contributed by atoms with E-state index in [-0.39, 0.29) is 12.0 Å². The summed E-state index contributed by atoms with van der Waals surface area (Å²) < 4.78 is 10.6. The summed E-state index contributed by atoms with van der Waals surface area (Å²) in [6, 6.07) is 8.18. The summed E-state index contributed by atoms with van der Waals surface area (Å²) in [6.45, 7) is 2.10. The van der Waals surface area contributed by atoms with Gasteiger partial charge in [-0.3, -0.25) is 0 Å². The van der Waals surface area contributed by atoms with Crippen molar-refractivity contribution >= 4 is 5.95 Å². The molecule has 0 radical (unpaired) electrons. The molecule has 0 spiro atoms. The second kappa shape index (κ2) is 5.99. The highest BCUT2D eigenvalue weighted by Gasteiger charge is 2.07. The van der Waals surface area contributed by atoms with Crippen molar-refractivity contribution in [3.8, 4) is 17.8 Å². The number of aromatic nitrogens is 3. The number of hydrogen-bond acceptors (Lipinski definition) is 6. The Hall–Kier alpha value is -2.37. The lowest BCUT2D eigenvalue weighted by Gasteiger charge is -2.07. The maximum atomic E-state index is 5.58. The summed E-state index contributed by atoms with van der Waals surface area (Å²) in [5, 5.41) is 2.82.